The van der Waals surface area contributed by atoms with Crippen LogP contribution in [0.25, 0.3) is 0 Å². The first-order valence-electron chi connectivity index (χ1n) is 18.7. The summed E-state index contributed by atoms with van der Waals surface area (Å²) in [5.41, 5.74) is 12.5. The van der Waals surface area contributed by atoms with E-state index < -0.39 is 0 Å². The van der Waals surface area contributed by atoms with Gasteiger partial charge >= 0.3 is 138 Å². The number of aliphatic imine (C=N–C) groups is 1. The number of carbonyl (C=O) groups is 1. The molecule has 3 saturated heterocycles. The number of Topliss-reactive ketones (excluding diaryl/α,β-unsaturated/α-hetero) is 1. The second kappa shape index (κ2) is 16.3. The molecule has 52 heavy (non-hydrogen) atoms. The van der Waals surface area contributed by atoms with Crippen molar-refractivity contribution in [2.75, 3.05) is 84.2 Å². The van der Waals surface area contributed by atoms with Gasteiger partial charge in [0.15, 0.2) is 0 Å². The Bertz CT molecular complexity index is 1870. The van der Waals surface area contributed by atoms with Crippen molar-refractivity contribution in [3.63, 3.8) is 0 Å². The molecule has 0 atom stereocenters. The second-order valence-corrected chi connectivity index (χ2v) is 14.5. The zero-order valence-electron chi connectivity index (χ0n) is 31.9. The molecule has 271 valence electrons. The molecule has 0 saturated carbocycles. The van der Waals surface area contributed by atoms with Crippen molar-refractivity contribution < 1.29 is 4.79 Å². The number of benzene rings is 2. The molecule has 3 fully saturated rings. The predicted octanol–water partition coefficient (Wildman–Crippen LogP) is 6.62. The third-order valence-electron chi connectivity index (χ3n) is 10.7. The first-order valence-corrected chi connectivity index (χ1v) is 18.7. The van der Waals surface area contributed by atoms with Crippen LogP contribution in [0.1, 0.15) is 67.7 Å². The van der Waals surface area contributed by atoms with Crippen molar-refractivity contribution in [1.29, 1.82) is 0 Å². The Morgan fingerprint density at radius 3 is 2.33 bits per heavy atom. The van der Waals surface area contributed by atoms with E-state index in [2.05, 4.69) is 99.0 Å². The van der Waals surface area contributed by atoms with Gasteiger partial charge in [0.2, 0.25) is 0 Å². The Morgan fingerprint density at radius 1 is 0.962 bits per heavy atom. The Labute approximate surface area is 311 Å². The Balaban J connectivity index is 0.964. The number of ketones is 1. The maximum absolute atomic E-state index is 12.0. The van der Waals surface area contributed by atoms with Crippen LogP contribution in [0, 0.1) is 13.8 Å². The summed E-state index contributed by atoms with van der Waals surface area (Å²) >= 11 is 0. The molecular formula is C42H54BN8O. The van der Waals surface area contributed by atoms with Gasteiger partial charge in [-0.05, 0) is 74.6 Å². The predicted molar refractivity (Wildman–Crippen MR) is 221 cm³/mol. The number of nitrogens with one attached hydrogen (secondary N) is 2. The molecule has 3 aliphatic rings. The van der Waals surface area contributed by atoms with Gasteiger partial charge in [-0.25, -0.2) is 4.99 Å². The minimum atomic E-state index is 0.0460. The summed E-state index contributed by atoms with van der Waals surface area (Å²) in [7, 11) is 6.11. The van der Waals surface area contributed by atoms with E-state index in [0.717, 1.165) is 111 Å². The maximum atomic E-state index is 12.0. The Hall–Kier alpha value is -4.70. The quantitative estimate of drug-likeness (QED) is 0.100. The van der Waals surface area contributed by atoms with E-state index in [4.69, 9.17) is 12.5 Å². The van der Waals surface area contributed by atoms with Crippen molar-refractivity contribution in [3.05, 3.63) is 95.0 Å². The molecule has 0 bridgehead atoms. The van der Waals surface area contributed by atoms with E-state index in [0.29, 0.717) is 17.1 Å². The van der Waals surface area contributed by atoms with Crippen LogP contribution < -0.4 is 25.3 Å². The van der Waals surface area contributed by atoms with Gasteiger partial charge in [-0.3, -0.25) is 4.98 Å². The van der Waals surface area contributed by atoms with Crippen LogP contribution >= 0.6 is 0 Å². The molecule has 3 aliphatic heterocycles. The summed E-state index contributed by atoms with van der Waals surface area (Å²) in [5.74, 6) is 0.899. The number of rotatable bonds is 11. The van der Waals surface area contributed by atoms with E-state index >= 15 is 0 Å². The van der Waals surface area contributed by atoms with E-state index in [9.17, 15) is 4.79 Å². The summed E-state index contributed by atoms with van der Waals surface area (Å²) in [5, 5.41) is 7.02. The SMILES string of the molecule is [B]=C(C)c1cc(N2CC(N3CCN(c4ccc(NC(C)=N/C=C5/CCN(c6cnc(C)c(NCCC)c6C)CC5=C)cc4)CC3)C2)ccc1C(C)=O. The number of anilines is 5. The average Bonchev–Trinajstić information content (AvgIpc) is 3.11. The fourth-order valence-electron chi connectivity index (χ4n) is 7.53. The van der Waals surface area contributed by atoms with Gasteiger partial charge in [-0.2, -0.15) is 0 Å². The van der Waals surface area contributed by atoms with Crippen molar-refractivity contribution >= 4 is 53.0 Å². The molecule has 10 heteroatoms. The number of piperazine rings is 1. The summed E-state index contributed by atoms with van der Waals surface area (Å²) in [6, 6.07) is 15.3. The normalized spacial score (nSPS) is 18.1. The van der Waals surface area contributed by atoms with E-state index in [1.165, 1.54) is 22.5 Å². The molecule has 9 nitrogen and oxygen atoms in total. The third-order valence-corrected chi connectivity index (χ3v) is 10.7. The van der Waals surface area contributed by atoms with Gasteiger partial charge in [-0.1, -0.05) is 13.5 Å². The number of carbonyl (C=O) groups excluding carboxylic acids is 1. The second-order valence-electron chi connectivity index (χ2n) is 14.5. The zero-order valence-corrected chi connectivity index (χ0v) is 31.9. The fourth-order valence-corrected chi connectivity index (χ4v) is 7.53. The van der Waals surface area contributed by atoms with Gasteiger partial charge in [0.05, 0.1) is 23.3 Å². The van der Waals surface area contributed by atoms with Crippen molar-refractivity contribution in [1.82, 2.24) is 9.88 Å². The number of aromatic nitrogens is 1. The number of aryl methyl sites for hydroxylation is 1. The molecule has 0 unspecified atom stereocenters. The molecule has 0 spiro atoms. The molecule has 0 amide bonds. The standard InChI is InChI=1S/C42H54BN8O/c1-8-16-44-42-29(3)41(24-45-31(42)5)50-17-15-34(28(2)25-50)23-46-33(7)47-35-9-11-36(12-10-35)48-18-20-49(21-19-48)38-26-51(27-38)37-13-14-39(32(6)52)40(22-37)30(4)43/h9-14,22-24,38,44H,2,8,15-21,25-27H2,1,3-7H3,(H,46,47)/b34-23-. The summed E-state index contributed by atoms with van der Waals surface area (Å²) < 4.78 is 0. The first-order chi connectivity index (χ1) is 25.0. The van der Waals surface area contributed by atoms with Gasteiger partial charge in [0.1, 0.15) is 5.84 Å². The van der Waals surface area contributed by atoms with Crippen LogP contribution in [0.3, 0.4) is 0 Å². The summed E-state index contributed by atoms with van der Waals surface area (Å²) in [6.07, 6.45) is 5.96. The average molecular weight is 698 g/mol. The van der Waals surface area contributed by atoms with Crippen LogP contribution in [-0.4, -0.2) is 99.4 Å². The van der Waals surface area contributed by atoms with Crippen molar-refractivity contribution in [2.45, 2.75) is 60.4 Å². The molecule has 1 aromatic heterocycles. The van der Waals surface area contributed by atoms with Crippen LogP contribution in [0.4, 0.5) is 28.4 Å². The number of nitrogens with zero attached hydrogens (tertiary/aromatic N) is 6. The number of amidine groups is 1. The Morgan fingerprint density at radius 2 is 1.67 bits per heavy atom. The minimum absolute atomic E-state index is 0.0460. The van der Waals surface area contributed by atoms with Gasteiger partial charge < -0.3 is 15.5 Å². The molecule has 3 aromatic rings. The monoisotopic (exact) mass is 697 g/mol. The number of pyridine rings is 1. The number of hydrogen-bond acceptors (Lipinski definition) is 8. The van der Waals surface area contributed by atoms with Crippen LogP contribution in [0.2, 0.25) is 0 Å². The number of piperidine rings is 1. The molecule has 2 aromatic carbocycles. The van der Waals surface area contributed by atoms with Crippen LogP contribution in [-0.2, 0) is 0 Å². The topological polar surface area (TPSA) is 79.3 Å². The summed E-state index contributed by atoms with van der Waals surface area (Å²) in [4.78, 5) is 31.3. The van der Waals surface area contributed by atoms with Crippen LogP contribution in [0.5, 0.6) is 0 Å². The molecule has 2 N–H and O–H groups in total. The first kappa shape index (κ1) is 37.1. The van der Waals surface area contributed by atoms with E-state index in [-0.39, 0.29) is 5.78 Å². The molecular weight excluding hydrogens is 643 g/mol. The van der Waals surface area contributed by atoms with Gasteiger partial charge in [0, 0.05) is 31.5 Å². The molecule has 1 radical (unpaired) electrons. The van der Waals surface area contributed by atoms with E-state index in [1.54, 1.807) is 6.92 Å². The molecule has 4 heterocycles. The summed E-state index contributed by atoms with van der Waals surface area (Å²) in [6.45, 7) is 25.0. The van der Waals surface area contributed by atoms with Crippen molar-refractivity contribution in [3.8, 4) is 0 Å². The van der Waals surface area contributed by atoms with Gasteiger partial charge in [0.25, 0.3) is 0 Å². The van der Waals surface area contributed by atoms with Gasteiger partial charge in [-0.15, -0.1) is 0 Å². The molecule has 6 rings (SSSR count). The van der Waals surface area contributed by atoms with Crippen LogP contribution in [0.15, 0.2) is 77.6 Å². The molecule has 0 aliphatic carbocycles. The third kappa shape index (κ3) is 8.33. The number of hydrogen-bond donors (Lipinski definition) is 2. The van der Waals surface area contributed by atoms with E-state index in [1.807, 2.05) is 32.3 Å². The Kier molecular flexibility index (Phi) is 11.6. The fraction of sp³-hybridized carbons (Fsp3) is 0.429. The van der Waals surface area contributed by atoms with Crippen molar-refractivity contribution in [2.24, 2.45) is 4.99 Å². The zero-order chi connectivity index (χ0) is 36.9.